The Morgan fingerprint density at radius 1 is 1.23 bits per heavy atom. The molecule has 4 atom stereocenters. The second-order valence-corrected chi connectivity index (χ2v) is 6.62. The normalized spacial score (nSPS) is 36.7. The van der Waals surface area contributed by atoms with E-state index in [2.05, 4.69) is 17.1 Å². The Hall–Kier alpha value is -1.36. The van der Waals surface area contributed by atoms with Crippen LogP contribution in [-0.2, 0) is 15.0 Å². The van der Waals surface area contributed by atoms with E-state index in [1.165, 1.54) is 11.1 Å². The summed E-state index contributed by atoms with van der Waals surface area (Å²) in [5, 5.41) is 10.1. The smallest absolute Gasteiger partial charge is 0.115 e. The zero-order chi connectivity index (χ0) is 15.3. The van der Waals surface area contributed by atoms with Crippen LogP contribution in [-0.4, -0.2) is 43.4 Å². The molecule has 118 valence electrons. The number of fused-ring (bicyclic) bond motifs is 1. The second-order valence-electron chi connectivity index (χ2n) is 6.62. The minimum absolute atomic E-state index is 0.0570. The first kappa shape index (κ1) is 14.2. The molecule has 1 spiro atoms. The van der Waals surface area contributed by atoms with E-state index >= 15 is 0 Å². The van der Waals surface area contributed by atoms with Crippen LogP contribution in [0.15, 0.2) is 30.4 Å². The molecule has 0 saturated carbocycles. The maximum atomic E-state index is 10.1. The van der Waals surface area contributed by atoms with Gasteiger partial charge in [0.15, 0.2) is 0 Å². The summed E-state index contributed by atoms with van der Waals surface area (Å²) in [6.45, 7) is 1.98. The van der Waals surface area contributed by atoms with E-state index in [0.29, 0.717) is 11.7 Å². The molecule has 1 aliphatic carbocycles. The molecule has 4 heteroatoms. The van der Waals surface area contributed by atoms with Gasteiger partial charge in [0, 0.05) is 33.1 Å². The predicted octanol–water partition coefficient (Wildman–Crippen LogP) is 2.59. The van der Waals surface area contributed by atoms with Gasteiger partial charge in [-0.05, 0) is 36.2 Å². The molecular weight excluding hydrogens is 278 g/mol. The first-order valence-corrected chi connectivity index (χ1v) is 8.01. The number of hydrogen-bond acceptors (Lipinski definition) is 4. The van der Waals surface area contributed by atoms with Crippen LogP contribution in [0.4, 0.5) is 0 Å². The fourth-order valence-corrected chi connectivity index (χ4v) is 4.73. The summed E-state index contributed by atoms with van der Waals surface area (Å²) in [5.74, 6) is 0.816. The highest BCUT2D eigenvalue weighted by molar-refractivity contribution is 5.46. The van der Waals surface area contributed by atoms with Crippen LogP contribution >= 0.6 is 0 Å². The Balaban J connectivity index is 1.90. The molecule has 1 N–H and O–H groups in total. The zero-order valence-electron chi connectivity index (χ0n) is 13.2. The van der Waals surface area contributed by atoms with Crippen molar-refractivity contribution in [1.29, 1.82) is 0 Å². The summed E-state index contributed by atoms with van der Waals surface area (Å²) in [6, 6.07) is 5.74. The van der Waals surface area contributed by atoms with Gasteiger partial charge in [-0.15, -0.1) is 0 Å². The third-order valence-corrected chi connectivity index (χ3v) is 5.78. The molecule has 1 fully saturated rings. The molecular formula is C18H23NO3. The Kier molecular flexibility index (Phi) is 3.29. The topological polar surface area (TPSA) is 41.9 Å². The summed E-state index contributed by atoms with van der Waals surface area (Å²) in [6.07, 6.45) is 6.82. The number of nitrogens with zero attached hydrogens (tertiary/aromatic N) is 1. The van der Waals surface area contributed by atoms with Gasteiger partial charge in [0.2, 0.25) is 0 Å². The number of phenols is 1. The van der Waals surface area contributed by atoms with E-state index in [1.54, 1.807) is 20.3 Å². The largest absolute Gasteiger partial charge is 0.508 e. The molecule has 2 aliphatic heterocycles. The predicted molar refractivity (Wildman–Crippen MR) is 83.8 cm³/mol. The lowest BCUT2D eigenvalue weighted by atomic mass is 9.68. The number of ether oxygens (including phenoxy) is 2. The van der Waals surface area contributed by atoms with Gasteiger partial charge in [0.25, 0.3) is 0 Å². The quantitative estimate of drug-likeness (QED) is 0.853. The fraction of sp³-hybridized carbons (Fsp3) is 0.556. The highest BCUT2D eigenvalue weighted by Gasteiger charge is 2.55. The molecule has 0 unspecified atom stereocenters. The van der Waals surface area contributed by atoms with Crippen molar-refractivity contribution in [3.05, 3.63) is 41.5 Å². The molecule has 4 rings (SSSR count). The number of rotatable bonds is 2. The van der Waals surface area contributed by atoms with Gasteiger partial charge in [-0.25, -0.2) is 0 Å². The highest BCUT2D eigenvalue weighted by Crippen LogP contribution is 2.55. The van der Waals surface area contributed by atoms with E-state index in [1.807, 2.05) is 12.1 Å². The number of phenolic OH excluding ortho intramolecular Hbond substituents is 1. The summed E-state index contributed by atoms with van der Waals surface area (Å²) in [4.78, 5) is 2.54. The standard InChI is InChI=1S/C18H23NO3/c1-21-14-5-3-12-7-8-19-11-17(22-2)15-6-4-13(20)9-16(15)18(12,19)10-14/h3-6,9,12,14,17,20H,7-8,10-11H2,1-2H3/t12-,14+,17-,18+/m1/s1. The Morgan fingerprint density at radius 2 is 2.09 bits per heavy atom. The lowest BCUT2D eigenvalue weighted by Crippen LogP contribution is -2.53. The van der Waals surface area contributed by atoms with Gasteiger partial charge in [0.1, 0.15) is 5.75 Å². The molecule has 1 aromatic carbocycles. The van der Waals surface area contributed by atoms with E-state index in [0.717, 1.165) is 25.9 Å². The van der Waals surface area contributed by atoms with Crippen LogP contribution in [0, 0.1) is 5.92 Å². The van der Waals surface area contributed by atoms with E-state index in [-0.39, 0.29) is 17.7 Å². The average Bonchev–Trinajstić information content (AvgIpc) is 2.92. The second kappa shape index (κ2) is 5.08. The van der Waals surface area contributed by atoms with Crippen molar-refractivity contribution in [1.82, 2.24) is 4.90 Å². The van der Waals surface area contributed by atoms with Crippen molar-refractivity contribution in [2.75, 3.05) is 27.3 Å². The molecule has 3 aliphatic rings. The third kappa shape index (κ3) is 1.81. The minimum atomic E-state index is -0.0570. The first-order valence-electron chi connectivity index (χ1n) is 8.01. The third-order valence-electron chi connectivity index (χ3n) is 5.78. The van der Waals surface area contributed by atoms with Crippen molar-refractivity contribution >= 4 is 0 Å². The van der Waals surface area contributed by atoms with E-state index < -0.39 is 0 Å². The molecule has 0 bridgehead atoms. The van der Waals surface area contributed by atoms with Crippen LogP contribution in [0.5, 0.6) is 5.75 Å². The van der Waals surface area contributed by atoms with E-state index in [4.69, 9.17) is 9.47 Å². The average molecular weight is 301 g/mol. The Morgan fingerprint density at radius 3 is 2.86 bits per heavy atom. The summed E-state index contributed by atoms with van der Waals surface area (Å²) >= 11 is 0. The molecule has 1 saturated heterocycles. The van der Waals surface area contributed by atoms with Crippen molar-refractivity contribution in [2.24, 2.45) is 5.92 Å². The number of aromatic hydroxyl groups is 1. The molecule has 2 heterocycles. The number of methoxy groups -OCH3 is 2. The Bertz CT molecular complexity index is 614. The van der Waals surface area contributed by atoms with Gasteiger partial charge in [0.05, 0.1) is 17.7 Å². The minimum Gasteiger partial charge on any atom is -0.508 e. The van der Waals surface area contributed by atoms with Crippen molar-refractivity contribution < 1.29 is 14.6 Å². The lowest BCUT2D eigenvalue weighted by molar-refractivity contribution is -0.0272. The van der Waals surface area contributed by atoms with Gasteiger partial charge in [-0.1, -0.05) is 18.2 Å². The van der Waals surface area contributed by atoms with Gasteiger partial charge < -0.3 is 14.6 Å². The lowest BCUT2D eigenvalue weighted by Gasteiger charge is -2.51. The Labute approximate surface area is 131 Å². The number of hydrogen-bond donors (Lipinski definition) is 1. The van der Waals surface area contributed by atoms with Crippen LogP contribution in [0.2, 0.25) is 0 Å². The molecule has 0 radical (unpaired) electrons. The maximum Gasteiger partial charge on any atom is 0.115 e. The first-order chi connectivity index (χ1) is 10.7. The molecule has 1 aromatic rings. The van der Waals surface area contributed by atoms with Gasteiger partial charge >= 0.3 is 0 Å². The van der Waals surface area contributed by atoms with E-state index in [9.17, 15) is 5.11 Å². The van der Waals surface area contributed by atoms with Gasteiger partial charge in [-0.3, -0.25) is 4.90 Å². The van der Waals surface area contributed by atoms with Crippen LogP contribution < -0.4 is 0 Å². The maximum absolute atomic E-state index is 10.1. The molecule has 4 nitrogen and oxygen atoms in total. The fourth-order valence-electron chi connectivity index (χ4n) is 4.73. The van der Waals surface area contributed by atoms with Crippen LogP contribution in [0.1, 0.15) is 30.1 Å². The summed E-state index contributed by atoms with van der Waals surface area (Å²) in [7, 11) is 3.54. The van der Waals surface area contributed by atoms with Crippen molar-refractivity contribution in [3.8, 4) is 5.75 Å². The van der Waals surface area contributed by atoms with Gasteiger partial charge in [-0.2, -0.15) is 0 Å². The zero-order valence-corrected chi connectivity index (χ0v) is 13.2. The summed E-state index contributed by atoms with van der Waals surface area (Å²) in [5.41, 5.74) is 2.38. The van der Waals surface area contributed by atoms with Crippen LogP contribution in [0.25, 0.3) is 0 Å². The monoisotopic (exact) mass is 301 g/mol. The SMILES string of the molecule is CO[C@H]1C=C[C@@H]2CCN3C[C@@H](OC)c4ccc(O)cc4[C@]23C1. The molecule has 0 aromatic heterocycles. The highest BCUT2D eigenvalue weighted by atomic mass is 16.5. The molecule has 22 heavy (non-hydrogen) atoms. The van der Waals surface area contributed by atoms with Crippen molar-refractivity contribution in [2.45, 2.75) is 30.6 Å². The molecule has 0 amide bonds. The van der Waals surface area contributed by atoms with Crippen molar-refractivity contribution in [3.63, 3.8) is 0 Å². The number of benzene rings is 1. The summed E-state index contributed by atoms with van der Waals surface area (Å²) < 4.78 is 11.4. The van der Waals surface area contributed by atoms with Crippen LogP contribution in [0.3, 0.4) is 0 Å².